The molecule has 2 N–H and O–H groups in total. The number of esters is 1. The number of hydrogen-bond acceptors (Lipinski definition) is 7. The molecule has 0 fully saturated rings. The lowest BCUT2D eigenvalue weighted by molar-refractivity contribution is -0.123. The van der Waals surface area contributed by atoms with Crippen LogP contribution in [0.25, 0.3) is 0 Å². The van der Waals surface area contributed by atoms with Crippen molar-refractivity contribution >= 4 is 21.9 Å². The van der Waals surface area contributed by atoms with E-state index in [1.165, 1.54) is 30.1 Å². The number of amides is 1. The van der Waals surface area contributed by atoms with Crippen LogP contribution >= 0.6 is 0 Å². The molecule has 1 amide bonds. The van der Waals surface area contributed by atoms with Gasteiger partial charge in [0.25, 0.3) is 0 Å². The van der Waals surface area contributed by atoms with Gasteiger partial charge in [0.15, 0.2) is 5.69 Å². The second-order valence-corrected chi connectivity index (χ2v) is 8.52. The molecule has 0 aliphatic carbocycles. The standard InChI is InChI=1S/C18H25N5O5S/c1-12(2)16(21-29(26,27)14-7-5-13(3)6-8-14)17(24)19-9-10-23-11-15(20-22-23)18(25)28-4/h5-8,11-12,16,21H,9-10H2,1-4H3,(H,19,24)/t16-/m0/s1. The monoisotopic (exact) mass is 423 g/mol. The van der Waals surface area contributed by atoms with E-state index in [9.17, 15) is 18.0 Å². The number of nitrogens with zero attached hydrogens (tertiary/aromatic N) is 3. The predicted octanol–water partition coefficient (Wildman–Crippen LogP) is 0.492. The zero-order chi connectivity index (χ0) is 21.6. The van der Waals surface area contributed by atoms with Gasteiger partial charge in [-0.2, -0.15) is 4.72 Å². The maximum atomic E-state index is 12.6. The van der Waals surface area contributed by atoms with E-state index >= 15 is 0 Å². The summed E-state index contributed by atoms with van der Waals surface area (Å²) < 4.78 is 33.6. The third-order valence-corrected chi connectivity index (χ3v) is 5.59. The summed E-state index contributed by atoms with van der Waals surface area (Å²) in [5.41, 5.74) is 0.996. The lowest BCUT2D eigenvalue weighted by Crippen LogP contribution is -2.50. The zero-order valence-electron chi connectivity index (χ0n) is 16.7. The Morgan fingerprint density at radius 2 is 1.86 bits per heavy atom. The van der Waals surface area contributed by atoms with Crippen LogP contribution in [-0.2, 0) is 26.1 Å². The maximum Gasteiger partial charge on any atom is 0.360 e. The van der Waals surface area contributed by atoms with Crippen molar-refractivity contribution < 1.29 is 22.7 Å². The van der Waals surface area contributed by atoms with Gasteiger partial charge in [-0.3, -0.25) is 4.79 Å². The van der Waals surface area contributed by atoms with Crippen LogP contribution in [0, 0.1) is 12.8 Å². The Hall–Kier alpha value is -2.79. The molecular weight excluding hydrogens is 398 g/mol. The molecule has 0 saturated heterocycles. The highest BCUT2D eigenvalue weighted by Gasteiger charge is 2.28. The molecule has 29 heavy (non-hydrogen) atoms. The molecule has 0 aliphatic rings. The van der Waals surface area contributed by atoms with Crippen molar-refractivity contribution in [1.82, 2.24) is 25.0 Å². The van der Waals surface area contributed by atoms with Crippen molar-refractivity contribution in [2.75, 3.05) is 13.7 Å². The quantitative estimate of drug-likeness (QED) is 0.561. The SMILES string of the molecule is COC(=O)c1cn(CCNC(=O)[C@@H](NS(=O)(=O)c2ccc(C)cc2)C(C)C)nn1. The fourth-order valence-electron chi connectivity index (χ4n) is 2.45. The highest BCUT2D eigenvalue weighted by atomic mass is 32.2. The first kappa shape index (κ1) is 22.5. The second kappa shape index (κ2) is 9.61. The molecule has 0 radical (unpaired) electrons. The number of hydrogen-bond donors (Lipinski definition) is 2. The normalized spacial score (nSPS) is 12.6. The summed E-state index contributed by atoms with van der Waals surface area (Å²) in [6.45, 7) is 5.80. The van der Waals surface area contributed by atoms with E-state index in [-0.39, 0.29) is 29.6 Å². The Kier molecular flexibility index (Phi) is 7.46. The number of ether oxygens (including phenoxy) is 1. The zero-order valence-corrected chi connectivity index (χ0v) is 17.6. The van der Waals surface area contributed by atoms with Gasteiger partial charge in [0.2, 0.25) is 15.9 Å². The molecule has 2 rings (SSSR count). The summed E-state index contributed by atoms with van der Waals surface area (Å²) in [5, 5.41) is 10.1. The van der Waals surface area contributed by atoms with Crippen molar-refractivity contribution in [1.29, 1.82) is 0 Å². The number of carbonyl (C=O) groups is 2. The number of aromatic nitrogens is 3. The smallest absolute Gasteiger partial charge is 0.360 e. The number of rotatable bonds is 9. The fourth-order valence-corrected chi connectivity index (χ4v) is 3.80. The number of sulfonamides is 1. The van der Waals surface area contributed by atoms with Gasteiger partial charge in [-0.05, 0) is 25.0 Å². The molecule has 1 heterocycles. The van der Waals surface area contributed by atoms with Crippen LogP contribution in [0.2, 0.25) is 0 Å². The van der Waals surface area contributed by atoms with E-state index in [1.54, 1.807) is 26.0 Å². The van der Waals surface area contributed by atoms with E-state index < -0.39 is 27.9 Å². The molecule has 158 valence electrons. The Morgan fingerprint density at radius 3 is 2.45 bits per heavy atom. The third kappa shape index (κ3) is 6.09. The van der Waals surface area contributed by atoms with E-state index in [4.69, 9.17) is 0 Å². The van der Waals surface area contributed by atoms with Gasteiger partial charge in [0.05, 0.1) is 24.7 Å². The summed E-state index contributed by atoms with van der Waals surface area (Å²) >= 11 is 0. The minimum atomic E-state index is -3.84. The number of nitrogens with one attached hydrogen (secondary N) is 2. The largest absolute Gasteiger partial charge is 0.464 e. The van der Waals surface area contributed by atoms with Crippen molar-refractivity contribution in [3.05, 3.63) is 41.7 Å². The number of benzene rings is 1. The average molecular weight is 423 g/mol. The first-order valence-electron chi connectivity index (χ1n) is 8.99. The predicted molar refractivity (Wildman–Crippen MR) is 104 cm³/mol. The van der Waals surface area contributed by atoms with Gasteiger partial charge in [0, 0.05) is 6.54 Å². The van der Waals surface area contributed by atoms with Gasteiger partial charge in [-0.1, -0.05) is 36.8 Å². The molecular formula is C18H25N5O5S. The van der Waals surface area contributed by atoms with Gasteiger partial charge < -0.3 is 10.1 Å². The van der Waals surface area contributed by atoms with Gasteiger partial charge in [-0.15, -0.1) is 5.10 Å². The minimum absolute atomic E-state index is 0.0599. The van der Waals surface area contributed by atoms with Crippen LogP contribution in [0.15, 0.2) is 35.4 Å². The van der Waals surface area contributed by atoms with Gasteiger partial charge in [0.1, 0.15) is 6.04 Å². The Bertz CT molecular complexity index is 953. The summed E-state index contributed by atoms with van der Waals surface area (Å²) in [4.78, 5) is 24.0. The molecule has 10 nitrogen and oxygen atoms in total. The molecule has 0 saturated carbocycles. The molecule has 2 aromatic rings. The lowest BCUT2D eigenvalue weighted by atomic mass is 10.1. The molecule has 0 aliphatic heterocycles. The van der Waals surface area contributed by atoms with Crippen LogP contribution in [0.4, 0.5) is 0 Å². The molecule has 1 aromatic heterocycles. The second-order valence-electron chi connectivity index (χ2n) is 6.81. The van der Waals surface area contributed by atoms with Crippen LogP contribution < -0.4 is 10.0 Å². The Labute approximate surface area is 169 Å². The first-order valence-corrected chi connectivity index (χ1v) is 10.5. The van der Waals surface area contributed by atoms with Crippen LogP contribution in [0.5, 0.6) is 0 Å². The van der Waals surface area contributed by atoms with Crippen LogP contribution in [0.1, 0.15) is 29.9 Å². The average Bonchev–Trinajstić information content (AvgIpc) is 3.14. The molecule has 0 spiro atoms. The Morgan fingerprint density at radius 1 is 1.21 bits per heavy atom. The fraction of sp³-hybridized carbons (Fsp3) is 0.444. The van der Waals surface area contributed by atoms with Gasteiger partial charge >= 0.3 is 5.97 Å². The first-order chi connectivity index (χ1) is 13.6. The van der Waals surface area contributed by atoms with Crippen LogP contribution in [-0.4, -0.2) is 55.0 Å². The lowest BCUT2D eigenvalue weighted by Gasteiger charge is -2.21. The van der Waals surface area contributed by atoms with Crippen molar-refractivity contribution in [3.63, 3.8) is 0 Å². The molecule has 1 aromatic carbocycles. The maximum absolute atomic E-state index is 12.6. The molecule has 0 bridgehead atoms. The van der Waals surface area contributed by atoms with Crippen LogP contribution in [0.3, 0.4) is 0 Å². The topological polar surface area (TPSA) is 132 Å². The number of aryl methyl sites for hydroxylation is 1. The highest BCUT2D eigenvalue weighted by molar-refractivity contribution is 7.89. The van der Waals surface area contributed by atoms with Crippen molar-refractivity contribution in [2.45, 2.75) is 38.3 Å². The summed E-state index contributed by atoms with van der Waals surface area (Å²) in [7, 11) is -2.60. The third-order valence-electron chi connectivity index (χ3n) is 4.14. The minimum Gasteiger partial charge on any atom is -0.464 e. The van der Waals surface area contributed by atoms with E-state index in [2.05, 4.69) is 25.1 Å². The van der Waals surface area contributed by atoms with E-state index in [0.29, 0.717) is 0 Å². The molecule has 0 unspecified atom stereocenters. The summed E-state index contributed by atoms with van der Waals surface area (Å²) in [6.07, 6.45) is 1.40. The highest BCUT2D eigenvalue weighted by Crippen LogP contribution is 2.13. The summed E-state index contributed by atoms with van der Waals surface area (Å²) in [6, 6.07) is 5.44. The summed E-state index contributed by atoms with van der Waals surface area (Å²) in [5.74, 6) is -1.33. The number of methoxy groups -OCH3 is 1. The number of carbonyl (C=O) groups excluding carboxylic acids is 2. The van der Waals surface area contributed by atoms with Gasteiger partial charge in [-0.25, -0.2) is 17.9 Å². The molecule has 1 atom stereocenters. The van der Waals surface area contributed by atoms with Crippen molar-refractivity contribution in [3.8, 4) is 0 Å². The van der Waals surface area contributed by atoms with Crippen molar-refractivity contribution in [2.24, 2.45) is 5.92 Å². The van der Waals surface area contributed by atoms with E-state index in [1.807, 2.05) is 6.92 Å². The molecule has 11 heteroatoms. The Balaban J connectivity index is 1.97. The van der Waals surface area contributed by atoms with E-state index in [0.717, 1.165) is 5.56 Å².